The van der Waals surface area contributed by atoms with Crippen LogP contribution in [0.25, 0.3) is 16.9 Å². The van der Waals surface area contributed by atoms with Gasteiger partial charge in [-0.05, 0) is 62.9 Å². The summed E-state index contributed by atoms with van der Waals surface area (Å²) in [6.45, 7) is 5.87. The maximum atomic E-state index is 13.1. The van der Waals surface area contributed by atoms with Crippen LogP contribution in [0.4, 0.5) is 11.6 Å². The van der Waals surface area contributed by atoms with Gasteiger partial charge in [0.05, 0.1) is 6.04 Å². The van der Waals surface area contributed by atoms with E-state index in [1.165, 1.54) is 11.1 Å². The number of rotatable bonds is 5. The van der Waals surface area contributed by atoms with Crippen LogP contribution >= 0.6 is 0 Å². The number of fused-ring (bicyclic) bond motifs is 2. The van der Waals surface area contributed by atoms with Gasteiger partial charge in [-0.2, -0.15) is 10.1 Å². The van der Waals surface area contributed by atoms with Crippen LogP contribution < -0.4 is 16.2 Å². The lowest BCUT2D eigenvalue weighted by atomic mass is 10.0. The minimum absolute atomic E-state index is 0.0477. The number of hydrogen-bond donors (Lipinski definition) is 2. The molecule has 4 aromatic rings. The molecule has 1 fully saturated rings. The first-order chi connectivity index (χ1) is 15.6. The lowest BCUT2D eigenvalue weighted by Crippen LogP contribution is -2.24. The van der Waals surface area contributed by atoms with Crippen molar-refractivity contribution in [3.05, 3.63) is 58.1 Å². The van der Waals surface area contributed by atoms with Crippen molar-refractivity contribution >= 4 is 22.7 Å². The second-order valence-electron chi connectivity index (χ2n) is 8.91. The summed E-state index contributed by atoms with van der Waals surface area (Å²) in [4.78, 5) is 22.3. The molecule has 0 spiro atoms. The lowest BCUT2D eigenvalue weighted by molar-refractivity contribution is 0.468. The Balaban J connectivity index is 1.44. The number of nitrogens with zero attached hydrogens (tertiary/aromatic N) is 6. The summed E-state index contributed by atoms with van der Waals surface area (Å²) >= 11 is 0. The van der Waals surface area contributed by atoms with Crippen molar-refractivity contribution in [3.63, 3.8) is 0 Å². The molecule has 0 unspecified atom stereocenters. The average molecular weight is 431 g/mol. The summed E-state index contributed by atoms with van der Waals surface area (Å²) in [5, 5.41) is 11.9. The molecule has 1 saturated carbocycles. The van der Waals surface area contributed by atoms with E-state index in [1.54, 1.807) is 10.9 Å². The van der Waals surface area contributed by atoms with E-state index in [2.05, 4.69) is 27.8 Å². The zero-order chi connectivity index (χ0) is 21.8. The molecule has 0 bridgehead atoms. The molecule has 9 heteroatoms. The lowest BCUT2D eigenvalue weighted by Gasteiger charge is -2.18. The molecular weight excluding hydrogens is 404 g/mol. The molecule has 0 atom stereocenters. The highest BCUT2D eigenvalue weighted by Crippen LogP contribution is 2.34. The quantitative estimate of drug-likeness (QED) is 0.505. The van der Waals surface area contributed by atoms with Gasteiger partial charge in [0.25, 0.3) is 5.56 Å². The van der Waals surface area contributed by atoms with Gasteiger partial charge in [-0.15, -0.1) is 0 Å². The largest absolute Gasteiger partial charge is 0.324 e. The third-order valence-electron chi connectivity index (χ3n) is 6.19. The number of anilines is 2. The van der Waals surface area contributed by atoms with Gasteiger partial charge in [0.2, 0.25) is 5.95 Å². The Hall–Kier alpha value is -3.46. The summed E-state index contributed by atoms with van der Waals surface area (Å²) in [5.41, 5.74) is 4.06. The monoisotopic (exact) mass is 430 g/mol. The first-order valence-corrected chi connectivity index (χ1v) is 11.2. The summed E-state index contributed by atoms with van der Waals surface area (Å²) in [7, 11) is 0. The van der Waals surface area contributed by atoms with Crippen LogP contribution in [0, 0.1) is 0 Å². The van der Waals surface area contributed by atoms with E-state index in [9.17, 15) is 4.79 Å². The van der Waals surface area contributed by atoms with Gasteiger partial charge in [0.15, 0.2) is 11.5 Å². The summed E-state index contributed by atoms with van der Waals surface area (Å²) in [5.74, 6) is 1.16. The Kier molecular flexibility index (Phi) is 4.39. The van der Waals surface area contributed by atoms with Crippen molar-refractivity contribution in [2.45, 2.75) is 51.7 Å². The molecule has 0 amide bonds. The van der Waals surface area contributed by atoms with Crippen molar-refractivity contribution in [1.82, 2.24) is 34.4 Å². The Labute approximate surface area is 185 Å². The van der Waals surface area contributed by atoms with Crippen molar-refractivity contribution in [3.8, 4) is 5.82 Å². The summed E-state index contributed by atoms with van der Waals surface area (Å²) in [6.07, 6.45) is 6.90. The molecule has 2 aliphatic rings. The van der Waals surface area contributed by atoms with E-state index in [0.717, 1.165) is 38.0 Å². The van der Waals surface area contributed by atoms with Crippen LogP contribution in [0.5, 0.6) is 0 Å². The van der Waals surface area contributed by atoms with E-state index in [4.69, 9.17) is 10.1 Å². The number of benzene rings is 1. The zero-order valence-corrected chi connectivity index (χ0v) is 18.2. The molecule has 1 aliphatic heterocycles. The van der Waals surface area contributed by atoms with Gasteiger partial charge in [-0.3, -0.25) is 9.48 Å². The first kappa shape index (κ1) is 19.2. The van der Waals surface area contributed by atoms with Crippen LogP contribution in [-0.4, -0.2) is 35.7 Å². The SMILES string of the molecule is CC(C)n1c(=O)c2cnc(Nc3ccc4c(c3)CCNC4)nc2n1-c1ccn(C2CC2)n1. The van der Waals surface area contributed by atoms with Crippen LogP contribution in [-0.2, 0) is 13.0 Å². The van der Waals surface area contributed by atoms with Crippen LogP contribution in [0.3, 0.4) is 0 Å². The molecule has 4 heterocycles. The molecule has 0 saturated heterocycles. The van der Waals surface area contributed by atoms with E-state index < -0.39 is 0 Å². The Morgan fingerprint density at radius 2 is 2.06 bits per heavy atom. The van der Waals surface area contributed by atoms with Gasteiger partial charge < -0.3 is 10.6 Å². The topological polar surface area (TPSA) is 94.6 Å². The van der Waals surface area contributed by atoms with E-state index in [1.807, 2.05) is 41.5 Å². The predicted octanol–water partition coefficient (Wildman–Crippen LogP) is 3.08. The van der Waals surface area contributed by atoms with Crippen molar-refractivity contribution in [2.24, 2.45) is 0 Å². The van der Waals surface area contributed by atoms with Gasteiger partial charge >= 0.3 is 0 Å². The third-order valence-corrected chi connectivity index (χ3v) is 6.19. The molecule has 32 heavy (non-hydrogen) atoms. The molecule has 6 rings (SSSR count). The highest BCUT2D eigenvalue weighted by atomic mass is 16.1. The fourth-order valence-electron chi connectivity index (χ4n) is 4.41. The normalized spacial score (nSPS) is 16.0. The van der Waals surface area contributed by atoms with Gasteiger partial charge in [-0.25, -0.2) is 14.3 Å². The minimum atomic E-state index is -0.108. The fourth-order valence-corrected chi connectivity index (χ4v) is 4.41. The van der Waals surface area contributed by atoms with Gasteiger partial charge in [0.1, 0.15) is 5.39 Å². The molecule has 164 valence electrons. The Morgan fingerprint density at radius 3 is 2.88 bits per heavy atom. The van der Waals surface area contributed by atoms with Crippen LogP contribution in [0.2, 0.25) is 0 Å². The minimum Gasteiger partial charge on any atom is -0.324 e. The summed E-state index contributed by atoms with van der Waals surface area (Å²) < 4.78 is 5.51. The molecular formula is C23H26N8O. The van der Waals surface area contributed by atoms with Crippen LogP contribution in [0.15, 0.2) is 41.5 Å². The van der Waals surface area contributed by atoms with E-state index in [0.29, 0.717) is 28.8 Å². The first-order valence-electron chi connectivity index (χ1n) is 11.2. The number of hydrogen-bond acceptors (Lipinski definition) is 6. The fraction of sp³-hybridized carbons (Fsp3) is 0.391. The average Bonchev–Trinajstić information content (AvgIpc) is 3.46. The predicted molar refractivity (Wildman–Crippen MR) is 123 cm³/mol. The van der Waals surface area contributed by atoms with Crippen molar-refractivity contribution in [1.29, 1.82) is 0 Å². The molecule has 1 aliphatic carbocycles. The molecule has 1 aromatic carbocycles. The second kappa shape index (κ2) is 7.30. The highest BCUT2D eigenvalue weighted by Gasteiger charge is 2.26. The number of aromatic nitrogens is 6. The standard InChI is InChI=1S/C23H26N8O/c1-14(2)30-22(32)19-13-25-23(26-17-4-3-16-12-24-9-7-15(16)11-17)27-21(19)31(30)20-8-10-29(28-20)18-5-6-18/h3-4,8,10-11,13-14,18,24H,5-7,9,12H2,1-2H3,(H,25,26,27). The maximum Gasteiger partial charge on any atom is 0.278 e. The van der Waals surface area contributed by atoms with Gasteiger partial charge in [0, 0.05) is 36.7 Å². The molecule has 3 aromatic heterocycles. The Morgan fingerprint density at radius 1 is 1.19 bits per heavy atom. The second-order valence-corrected chi connectivity index (χ2v) is 8.91. The van der Waals surface area contributed by atoms with Crippen molar-refractivity contribution in [2.75, 3.05) is 11.9 Å². The van der Waals surface area contributed by atoms with Crippen LogP contribution in [0.1, 0.15) is 49.9 Å². The van der Waals surface area contributed by atoms with E-state index >= 15 is 0 Å². The van der Waals surface area contributed by atoms with Gasteiger partial charge in [-0.1, -0.05) is 6.07 Å². The maximum absolute atomic E-state index is 13.1. The third kappa shape index (κ3) is 3.20. The molecule has 9 nitrogen and oxygen atoms in total. The Bertz CT molecular complexity index is 1370. The highest BCUT2D eigenvalue weighted by molar-refractivity contribution is 5.77. The number of nitrogens with one attached hydrogen (secondary N) is 2. The summed E-state index contributed by atoms with van der Waals surface area (Å²) in [6, 6.07) is 8.71. The van der Waals surface area contributed by atoms with Crippen molar-refractivity contribution < 1.29 is 0 Å². The molecule has 2 N–H and O–H groups in total. The van der Waals surface area contributed by atoms with E-state index in [-0.39, 0.29) is 11.6 Å². The smallest absolute Gasteiger partial charge is 0.278 e. The molecule has 0 radical (unpaired) electrons. The zero-order valence-electron chi connectivity index (χ0n) is 18.2.